The molecule has 0 aliphatic rings. The Balaban J connectivity index is 1.22. The molecule has 0 spiro atoms. The molecule has 1 N–H and O–H groups in total. The third-order valence-corrected chi connectivity index (χ3v) is 6.71. The number of hydrogen-bond donors (Lipinski definition) is 1. The predicted molar refractivity (Wildman–Crippen MR) is 155 cm³/mol. The molecule has 1 radical (unpaired) electrons. The van der Waals surface area contributed by atoms with Crippen LogP contribution in [0.15, 0.2) is 140 Å². The lowest BCUT2D eigenvalue weighted by Gasteiger charge is -2.19. The van der Waals surface area contributed by atoms with Gasteiger partial charge in [0.05, 0.1) is 0 Å². The Bertz CT molecular complexity index is 1390. The fourth-order valence-electron chi connectivity index (χ4n) is 4.64. The van der Waals surface area contributed by atoms with Crippen LogP contribution in [-0.2, 0) is 13.1 Å². The molecule has 5 rings (SSSR count). The summed E-state index contributed by atoms with van der Waals surface area (Å²) in [5.41, 5.74) is 7.52. The van der Waals surface area contributed by atoms with Crippen LogP contribution in [0.4, 0.5) is 0 Å². The number of nitrogens with one attached hydrogen (secondary N) is 1. The molecule has 5 aromatic rings. The first kappa shape index (κ1) is 25.2. The average molecular weight is 496 g/mol. The maximum Gasteiger partial charge on any atom is 0.251 e. The van der Waals surface area contributed by atoms with Crippen LogP contribution in [0.3, 0.4) is 0 Å². The lowest BCUT2D eigenvalue weighted by atomic mass is 9.91. The van der Waals surface area contributed by atoms with Crippen LogP contribution in [0.5, 0.6) is 0 Å². The van der Waals surface area contributed by atoms with Gasteiger partial charge < -0.3 is 5.32 Å². The Labute approximate surface area is 225 Å². The van der Waals surface area contributed by atoms with Crippen molar-refractivity contribution in [2.45, 2.75) is 19.0 Å². The summed E-state index contributed by atoms with van der Waals surface area (Å²) in [7, 11) is 0. The second kappa shape index (κ2) is 12.7. The maximum atomic E-state index is 13.2. The topological polar surface area (TPSA) is 43.2 Å². The third-order valence-electron chi connectivity index (χ3n) is 6.71. The molecule has 0 aliphatic heterocycles. The standard InChI is InChI=1S/C35H31N2O/c38-35(37-26-34(30-13-6-2-7-14-30)31-15-8-3-9-16-31)33-18-10-17-32(23-33)29-21-19-28(20-22-29)25-36-24-27-11-4-1-5-12-27/h1-23,34H,24-26H2,(H,37,38). The van der Waals surface area contributed by atoms with Crippen LogP contribution in [0.2, 0.25) is 0 Å². The molecular formula is C35H31N2O. The average Bonchev–Trinajstić information content (AvgIpc) is 2.99. The summed E-state index contributed by atoms with van der Waals surface area (Å²) in [5.74, 6) is 0.0180. The van der Waals surface area contributed by atoms with Gasteiger partial charge in [0.25, 0.3) is 5.91 Å². The molecule has 0 bridgehead atoms. The molecule has 0 heterocycles. The van der Waals surface area contributed by atoms with Crippen molar-refractivity contribution in [3.63, 3.8) is 0 Å². The second-order valence-corrected chi connectivity index (χ2v) is 9.39. The Morgan fingerprint density at radius 1 is 0.579 bits per heavy atom. The normalized spacial score (nSPS) is 10.9. The van der Waals surface area contributed by atoms with Gasteiger partial charge in [-0.2, -0.15) is 0 Å². The summed E-state index contributed by atoms with van der Waals surface area (Å²) in [4.78, 5) is 13.2. The van der Waals surface area contributed by atoms with Gasteiger partial charge in [-0.1, -0.05) is 127 Å². The first-order valence-electron chi connectivity index (χ1n) is 13.0. The van der Waals surface area contributed by atoms with Crippen LogP contribution in [-0.4, -0.2) is 12.5 Å². The fourth-order valence-corrected chi connectivity index (χ4v) is 4.64. The summed E-state index contributed by atoms with van der Waals surface area (Å²) >= 11 is 0. The molecule has 3 heteroatoms. The van der Waals surface area contributed by atoms with E-state index in [1.165, 1.54) is 22.3 Å². The van der Waals surface area contributed by atoms with Crippen molar-refractivity contribution in [1.29, 1.82) is 0 Å². The van der Waals surface area contributed by atoms with Crippen molar-refractivity contribution in [3.05, 3.63) is 167 Å². The van der Waals surface area contributed by atoms with Crippen molar-refractivity contribution < 1.29 is 4.79 Å². The van der Waals surface area contributed by atoms with Gasteiger partial charge in [0, 0.05) is 31.1 Å². The zero-order valence-corrected chi connectivity index (χ0v) is 21.3. The summed E-state index contributed by atoms with van der Waals surface area (Å²) < 4.78 is 0. The van der Waals surface area contributed by atoms with Gasteiger partial charge >= 0.3 is 0 Å². The van der Waals surface area contributed by atoms with Crippen LogP contribution >= 0.6 is 0 Å². The highest BCUT2D eigenvalue weighted by atomic mass is 16.1. The minimum atomic E-state index is -0.0694. The lowest BCUT2D eigenvalue weighted by molar-refractivity contribution is 0.0952. The molecule has 0 aliphatic carbocycles. The summed E-state index contributed by atoms with van der Waals surface area (Å²) in [6.45, 7) is 1.93. The van der Waals surface area contributed by atoms with Crippen LogP contribution in [0, 0.1) is 0 Å². The first-order chi connectivity index (χ1) is 18.8. The van der Waals surface area contributed by atoms with E-state index in [-0.39, 0.29) is 11.8 Å². The molecule has 1 amide bonds. The van der Waals surface area contributed by atoms with Crippen molar-refractivity contribution in [1.82, 2.24) is 10.6 Å². The molecule has 0 unspecified atom stereocenters. The number of carbonyl (C=O) groups is 1. The van der Waals surface area contributed by atoms with E-state index in [4.69, 9.17) is 0 Å². The highest BCUT2D eigenvalue weighted by Crippen LogP contribution is 2.25. The van der Waals surface area contributed by atoms with Gasteiger partial charge in [0.1, 0.15) is 0 Å². The molecule has 5 aromatic carbocycles. The van der Waals surface area contributed by atoms with E-state index in [9.17, 15) is 4.79 Å². The second-order valence-electron chi connectivity index (χ2n) is 9.39. The smallest absolute Gasteiger partial charge is 0.251 e. The molecule has 0 saturated carbocycles. The van der Waals surface area contributed by atoms with Gasteiger partial charge in [0.15, 0.2) is 0 Å². The third kappa shape index (κ3) is 6.64. The summed E-state index contributed by atoms with van der Waals surface area (Å²) in [6.07, 6.45) is 0. The Morgan fingerprint density at radius 3 is 1.74 bits per heavy atom. The molecule has 0 aromatic heterocycles. The monoisotopic (exact) mass is 495 g/mol. The largest absolute Gasteiger partial charge is 0.351 e. The highest BCUT2D eigenvalue weighted by molar-refractivity contribution is 5.95. The van der Waals surface area contributed by atoms with Crippen LogP contribution in [0.25, 0.3) is 11.1 Å². The molecule has 187 valence electrons. The van der Waals surface area contributed by atoms with Crippen LogP contribution in [0.1, 0.15) is 38.5 Å². The Hall–Kier alpha value is -4.47. The molecule has 0 fully saturated rings. The van der Waals surface area contributed by atoms with E-state index in [0.717, 1.165) is 17.7 Å². The van der Waals surface area contributed by atoms with E-state index in [0.29, 0.717) is 18.7 Å². The van der Waals surface area contributed by atoms with Gasteiger partial charge in [-0.05, 0) is 45.5 Å². The van der Waals surface area contributed by atoms with Gasteiger partial charge in [0.2, 0.25) is 0 Å². The number of benzene rings is 5. The SMILES string of the molecule is O=C(NCC(c1ccccc1)c1ccccc1)c1cccc(-c2ccc(C[N]Cc3ccccc3)cc2)c1. The Kier molecular flexibility index (Phi) is 8.40. The zero-order chi connectivity index (χ0) is 26.0. The number of carbonyl (C=O) groups excluding carboxylic acids is 1. The predicted octanol–water partition coefficient (Wildman–Crippen LogP) is 7.22. The van der Waals surface area contributed by atoms with E-state index in [2.05, 4.69) is 71.3 Å². The molecule has 0 saturated heterocycles. The quantitative estimate of drug-likeness (QED) is 0.218. The van der Waals surface area contributed by atoms with Crippen molar-refractivity contribution >= 4 is 5.91 Å². The maximum absolute atomic E-state index is 13.2. The molecular weight excluding hydrogens is 464 g/mol. The fraction of sp³-hybridized carbons (Fsp3) is 0.114. The van der Waals surface area contributed by atoms with E-state index < -0.39 is 0 Å². The van der Waals surface area contributed by atoms with Crippen molar-refractivity contribution in [3.8, 4) is 11.1 Å². The highest BCUT2D eigenvalue weighted by Gasteiger charge is 2.16. The van der Waals surface area contributed by atoms with E-state index in [1.807, 2.05) is 78.9 Å². The number of rotatable bonds is 10. The molecule has 0 atom stereocenters. The number of hydrogen-bond acceptors (Lipinski definition) is 1. The van der Waals surface area contributed by atoms with E-state index >= 15 is 0 Å². The number of amides is 1. The van der Waals surface area contributed by atoms with Crippen LogP contribution < -0.4 is 10.6 Å². The summed E-state index contributed by atoms with van der Waals surface area (Å²) in [5, 5.41) is 7.85. The van der Waals surface area contributed by atoms with Gasteiger partial charge in [-0.15, -0.1) is 0 Å². The van der Waals surface area contributed by atoms with Crippen molar-refractivity contribution in [2.24, 2.45) is 0 Å². The van der Waals surface area contributed by atoms with Crippen molar-refractivity contribution in [2.75, 3.05) is 6.54 Å². The first-order valence-corrected chi connectivity index (χ1v) is 13.0. The van der Waals surface area contributed by atoms with Gasteiger partial charge in [-0.3, -0.25) is 4.79 Å². The molecule has 3 nitrogen and oxygen atoms in total. The minimum absolute atomic E-state index is 0.0694. The summed E-state index contributed by atoms with van der Waals surface area (Å²) in [6, 6.07) is 47.2. The molecule has 38 heavy (non-hydrogen) atoms. The Morgan fingerprint density at radius 2 is 1.13 bits per heavy atom. The number of nitrogens with zero attached hydrogens (tertiary/aromatic N) is 1. The van der Waals surface area contributed by atoms with E-state index in [1.54, 1.807) is 0 Å². The lowest BCUT2D eigenvalue weighted by Crippen LogP contribution is -2.29. The van der Waals surface area contributed by atoms with Gasteiger partial charge in [-0.25, -0.2) is 5.32 Å². The minimum Gasteiger partial charge on any atom is -0.351 e. The zero-order valence-electron chi connectivity index (χ0n) is 21.3.